The molecule has 0 bridgehead atoms. The maximum Gasteiger partial charge on any atom is 0.0262 e. The van der Waals surface area contributed by atoms with Gasteiger partial charge in [0.25, 0.3) is 0 Å². The largest absolute Gasteiger partial charge is 0.324 e. The van der Waals surface area contributed by atoms with Gasteiger partial charge in [0.1, 0.15) is 0 Å². The topological polar surface area (TPSA) is 26.0 Å². The van der Waals surface area contributed by atoms with Gasteiger partial charge in [-0.2, -0.15) is 0 Å². The minimum absolute atomic E-state index is 0.253. The lowest BCUT2D eigenvalue weighted by atomic mass is 9.92. The molecule has 2 atom stereocenters. The van der Waals surface area contributed by atoms with Crippen LogP contribution in [0, 0.1) is 5.92 Å². The maximum atomic E-state index is 5.71. The summed E-state index contributed by atoms with van der Waals surface area (Å²) >= 11 is 0. The van der Waals surface area contributed by atoms with Gasteiger partial charge in [-0.1, -0.05) is 32.1 Å². The molecule has 1 heteroatoms. The summed E-state index contributed by atoms with van der Waals surface area (Å²) in [6.45, 7) is 4.47. The summed E-state index contributed by atoms with van der Waals surface area (Å²) in [6.07, 6.45) is 8.75. The van der Waals surface area contributed by atoms with Gasteiger partial charge >= 0.3 is 0 Å². The minimum atomic E-state index is 0.253. The quantitative estimate of drug-likeness (QED) is 0.643. The van der Waals surface area contributed by atoms with E-state index in [1.807, 2.05) is 0 Å². The monoisotopic (exact) mass is 151 g/mol. The zero-order valence-corrected chi connectivity index (χ0v) is 7.38. The molecule has 2 N–H and O–H groups in total. The summed E-state index contributed by atoms with van der Waals surface area (Å²) in [7, 11) is 0. The van der Waals surface area contributed by atoms with Gasteiger partial charge in [-0.3, -0.25) is 0 Å². The van der Waals surface area contributed by atoms with Crippen molar-refractivity contribution in [2.24, 2.45) is 11.7 Å². The molecule has 0 fully saturated rings. The molecule has 1 nitrogen and oxygen atoms in total. The van der Waals surface area contributed by atoms with Gasteiger partial charge in [0.15, 0.2) is 0 Å². The van der Waals surface area contributed by atoms with Gasteiger partial charge in [0.05, 0.1) is 0 Å². The van der Waals surface area contributed by atoms with Crippen molar-refractivity contribution in [2.75, 3.05) is 0 Å². The van der Waals surface area contributed by atoms with Crippen molar-refractivity contribution >= 4 is 0 Å². The molecule has 0 radical (unpaired) electrons. The molecule has 0 aromatic heterocycles. The van der Waals surface area contributed by atoms with Gasteiger partial charge in [0, 0.05) is 6.04 Å². The summed E-state index contributed by atoms with van der Waals surface area (Å²) in [5.74, 6) is 0.693. The molecule has 0 saturated heterocycles. The second-order valence-electron chi connectivity index (χ2n) is 3.27. The second kappa shape index (κ2) is 3.72. The first-order chi connectivity index (χ1) is 5.24. The highest BCUT2D eigenvalue weighted by atomic mass is 14.6. The van der Waals surface area contributed by atoms with Crippen LogP contribution in [0.2, 0.25) is 0 Å². The van der Waals surface area contributed by atoms with Crippen molar-refractivity contribution in [3.8, 4) is 0 Å². The second-order valence-corrected chi connectivity index (χ2v) is 3.27. The fraction of sp³-hybridized carbons (Fsp3) is 0.600. The van der Waals surface area contributed by atoms with Crippen molar-refractivity contribution in [3.05, 3.63) is 23.8 Å². The summed E-state index contributed by atoms with van der Waals surface area (Å²) in [4.78, 5) is 0. The van der Waals surface area contributed by atoms with E-state index >= 15 is 0 Å². The molecule has 1 aliphatic carbocycles. The summed E-state index contributed by atoms with van der Waals surface area (Å²) < 4.78 is 0. The first kappa shape index (κ1) is 8.54. The van der Waals surface area contributed by atoms with E-state index in [-0.39, 0.29) is 6.04 Å². The van der Waals surface area contributed by atoms with Crippen LogP contribution >= 0.6 is 0 Å². The Labute approximate surface area is 69.0 Å². The Hall–Kier alpha value is -0.560. The standard InChI is InChI=1S/C10H17N/c1-3-8(2)9-4-6-10(11)7-5-9/h4-6,8,10H,3,7,11H2,1-2H3. The lowest BCUT2D eigenvalue weighted by Crippen LogP contribution is -2.18. The van der Waals surface area contributed by atoms with E-state index in [0.717, 1.165) is 6.42 Å². The van der Waals surface area contributed by atoms with Crippen LogP contribution in [-0.2, 0) is 0 Å². The van der Waals surface area contributed by atoms with E-state index in [9.17, 15) is 0 Å². The van der Waals surface area contributed by atoms with E-state index in [4.69, 9.17) is 5.73 Å². The van der Waals surface area contributed by atoms with E-state index in [1.54, 1.807) is 0 Å². The van der Waals surface area contributed by atoms with Gasteiger partial charge in [-0.05, 0) is 24.3 Å². The third-order valence-corrected chi connectivity index (χ3v) is 2.34. The Kier molecular flexibility index (Phi) is 2.89. The SMILES string of the molecule is CCC(C)C1=CCC(N)C=C1. The van der Waals surface area contributed by atoms with Crippen molar-refractivity contribution in [2.45, 2.75) is 32.7 Å². The Balaban J connectivity index is 2.55. The smallest absolute Gasteiger partial charge is 0.0262 e. The molecule has 62 valence electrons. The molecule has 0 aromatic carbocycles. The fourth-order valence-electron chi connectivity index (χ4n) is 1.25. The molecule has 0 aliphatic heterocycles. The Morgan fingerprint density at radius 2 is 2.45 bits per heavy atom. The van der Waals surface area contributed by atoms with E-state index in [2.05, 4.69) is 32.1 Å². The lowest BCUT2D eigenvalue weighted by molar-refractivity contribution is 0.655. The number of nitrogens with two attached hydrogens (primary N) is 1. The predicted molar refractivity (Wildman–Crippen MR) is 49.3 cm³/mol. The average Bonchev–Trinajstić information content (AvgIpc) is 2.05. The van der Waals surface area contributed by atoms with Crippen molar-refractivity contribution < 1.29 is 0 Å². The summed E-state index contributed by atoms with van der Waals surface area (Å²) in [5, 5.41) is 0. The zero-order chi connectivity index (χ0) is 8.27. The van der Waals surface area contributed by atoms with Crippen LogP contribution in [0.4, 0.5) is 0 Å². The van der Waals surface area contributed by atoms with Crippen LogP contribution in [0.15, 0.2) is 23.8 Å². The third-order valence-electron chi connectivity index (χ3n) is 2.34. The number of allylic oxidation sites excluding steroid dienone is 2. The Bertz CT molecular complexity index is 179. The van der Waals surface area contributed by atoms with E-state index < -0.39 is 0 Å². The fourth-order valence-corrected chi connectivity index (χ4v) is 1.25. The van der Waals surface area contributed by atoms with Gasteiger partial charge in [0.2, 0.25) is 0 Å². The Morgan fingerprint density at radius 1 is 1.73 bits per heavy atom. The highest BCUT2D eigenvalue weighted by molar-refractivity contribution is 5.26. The lowest BCUT2D eigenvalue weighted by Gasteiger charge is -2.16. The molecule has 11 heavy (non-hydrogen) atoms. The van der Waals surface area contributed by atoms with Crippen LogP contribution < -0.4 is 5.73 Å². The van der Waals surface area contributed by atoms with Crippen molar-refractivity contribution in [1.29, 1.82) is 0 Å². The minimum Gasteiger partial charge on any atom is -0.324 e. The average molecular weight is 151 g/mol. The van der Waals surface area contributed by atoms with Crippen LogP contribution in [0.1, 0.15) is 26.7 Å². The first-order valence-corrected chi connectivity index (χ1v) is 4.38. The van der Waals surface area contributed by atoms with Crippen LogP contribution in [-0.4, -0.2) is 6.04 Å². The van der Waals surface area contributed by atoms with Crippen LogP contribution in [0.5, 0.6) is 0 Å². The number of hydrogen-bond donors (Lipinski definition) is 1. The highest BCUT2D eigenvalue weighted by Crippen LogP contribution is 2.19. The van der Waals surface area contributed by atoms with Crippen LogP contribution in [0.25, 0.3) is 0 Å². The van der Waals surface area contributed by atoms with Gasteiger partial charge in [-0.25, -0.2) is 0 Å². The first-order valence-electron chi connectivity index (χ1n) is 4.38. The molecule has 0 spiro atoms. The molecule has 0 heterocycles. The van der Waals surface area contributed by atoms with Gasteiger partial charge in [-0.15, -0.1) is 0 Å². The molecule has 0 amide bonds. The van der Waals surface area contributed by atoms with Gasteiger partial charge < -0.3 is 5.73 Å². The molecule has 0 saturated carbocycles. The molecular formula is C10H17N. The van der Waals surface area contributed by atoms with Crippen molar-refractivity contribution in [3.63, 3.8) is 0 Å². The van der Waals surface area contributed by atoms with E-state index in [1.165, 1.54) is 12.0 Å². The molecule has 2 unspecified atom stereocenters. The summed E-state index contributed by atoms with van der Waals surface area (Å²) in [5.41, 5.74) is 7.16. The maximum absolute atomic E-state index is 5.71. The molecule has 1 aliphatic rings. The molecule has 1 rings (SSSR count). The van der Waals surface area contributed by atoms with Crippen LogP contribution in [0.3, 0.4) is 0 Å². The van der Waals surface area contributed by atoms with E-state index in [0.29, 0.717) is 5.92 Å². The Morgan fingerprint density at radius 3 is 2.91 bits per heavy atom. The molecular weight excluding hydrogens is 134 g/mol. The summed E-state index contributed by atoms with van der Waals surface area (Å²) in [6, 6.07) is 0.253. The molecule has 0 aromatic rings. The number of rotatable bonds is 2. The predicted octanol–water partition coefficient (Wildman–Crippen LogP) is 2.25. The number of hydrogen-bond acceptors (Lipinski definition) is 1. The third kappa shape index (κ3) is 2.19. The highest BCUT2D eigenvalue weighted by Gasteiger charge is 2.07. The normalized spacial score (nSPS) is 26.5. The van der Waals surface area contributed by atoms with Crippen molar-refractivity contribution in [1.82, 2.24) is 0 Å². The zero-order valence-electron chi connectivity index (χ0n) is 7.38.